The summed E-state index contributed by atoms with van der Waals surface area (Å²) in [5, 5.41) is 0. The molecule has 1 rings (SSSR count). The molecule has 1 aromatic rings. The molecule has 0 aliphatic carbocycles. The Morgan fingerprint density at radius 1 is 1.54 bits per heavy atom. The lowest BCUT2D eigenvalue weighted by Crippen LogP contribution is -1.95. The van der Waals surface area contributed by atoms with E-state index in [2.05, 4.69) is 5.92 Å². The van der Waals surface area contributed by atoms with Crippen molar-refractivity contribution in [2.75, 3.05) is 7.11 Å². The fourth-order valence-electron chi connectivity index (χ4n) is 1.08. The quantitative estimate of drug-likeness (QED) is 0.632. The molecule has 0 bridgehead atoms. The maximum absolute atomic E-state index is 13.3. The minimum Gasteiger partial charge on any atom is -0.497 e. The summed E-state index contributed by atoms with van der Waals surface area (Å²) in [6.45, 7) is 1.78. The van der Waals surface area contributed by atoms with E-state index in [1.165, 1.54) is 13.2 Å². The van der Waals surface area contributed by atoms with E-state index in [1.54, 1.807) is 19.1 Å². The summed E-state index contributed by atoms with van der Waals surface area (Å²) in [7, 11) is 1.50. The van der Waals surface area contributed by atoms with E-state index in [-0.39, 0.29) is 11.7 Å². The van der Waals surface area contributed by atoms with Gasteiger partial charge in [0.25, 0.3) is 0 Å². The van der Waals surface area contributed by atoms with Gasteiger partial charge in [0.05, 0.1) is 7.11 Å². The Morgan fingerprint density at radius 2 is 2.23 bits per heavy atom. The van der Waals surface area contributed by atoms with Crippen molar-refractivity contribution in [2.45, 2.75) is 12.8 Å². The fourth-order valence-corrected chi connectivity index (χ4v) is 1.08. The second kappa shape index (κ2) is 3.95. The van der Waals surface area contributed by atoms with Crippen LogP contribution in [0.25, 0.3) is 0 Å². The predicted octanol–water partition coefficient (Wildman–Crippen LogP) is 2.57. The molecule has 0 aliphatic heterocycles. The van der Waals surface area contributed by atoms with E-state index in [0.29, 0.717) is 11.3 Å². The van der Waals surface area contributed by atoms with Crippen LogP contribution in [0.3, 0.4) is 0 Å². The minimum atomic E-state index is -0.315. The Balaban J connectivity index is 3.06. The molecule has 0 radical (unpaired) electrons. The van der Waals surface area contributed by atoms with E-state index >= 15 is 0 Å². The second-order valence-electron chi connectivity index (χ2n) is 2.78. The van der Waals surface area contributed by atoms with Gasteiger partial charge in [0.1, 0.15) is 11.6 Å². The molecule has 1 atom stereocenters. The molecule has 1 unspecified atom stereocenters. The van der Waals surface area contributed by atoms with Gasteiger partial charge in [-0.2, -0.15) is 0 Å². The first-order chi connectivity index (χ1) is 6.19. The summed E-state index contributed by atoms with van der Waals surface area (Å²) in [5.74, 6) is 2.47. The Hall–Kier alpha value is -1.49. The number of hydrogen-bond acceptors (Lipinski definition) is 1. The number of rotatable bonds is 2. The topological polar surface area (TPSA) is 9.23 Å². The summed E-state index contributed by atoms with van der Waals surface area (Å²) >= 11 is 0. The van der Waals surface area contributed by atoms with Crippen LogP contribution < -0.4 is 4.74 Å². The number of ether oxygens (including phenoxy) is 1. The first kappa shape index (κ1) is 9.60. The van der Waals surface area contributed by atoms with Crippen molar-refractivity contribution in [3.05, 3.63) is 29.6 Å². The lowest BCUT2D eigenvalue weighted by molar-refractivity contribution is 0.410. The third-order valence-electron chi connectivity index (χ3n) is 1.92. The van der Waals surface area contributed by atoms with Gasteiger partial charge in [-0.25, -0.2) is 4.39 Å². The molecule has 2 heteroatoms. The third-order valence-corrected chi connectivity index (χ3v) is 1.92. The van der Waals surface area contributed by atoms with Crippen LogP contribution in [0.15, 0.2) is 18.2 Å². The Morgan fingerprint density at radius 3 is 2.69 bits per heavy atom. The molecule has 0 spiro atoms. The van der Waals surface area contributed by atoms with Crippen molar-refractivity contribution < 1.29 is 9.13 Å². The van der Waals surface area contributed by atoms with Crippen LogP contribution in [-0.2, 0) is 0 Å². The molecule has 0 saturated carbocycles. The van der Waals surface area contributed by atoms with Gasteiger partial charge in [-0.15, -0.1) is 6.42 Å². The zero-order chi connectivity index (χ0) is 9.84. The maximum atomic E-state index is 13.3. The van der Waals surface area contributed by atoms with Gasteiger partial charge in [0.2, 0.25) is 0 Å². The molecule has 68 valence electrons. The van der Waals surface area contributed by atoms with Crippen LogP contribution in [0.2, 0.25) is 0 Å². The minimum absolute atomic E-state index is 0.203. The van der Waals surface area contributed by atoms with Gasteiger partial charge in [-0.3, -0.25) is 0 Å². The molecule has 0 saturated heterocycles. The van der Waals surface area contributed by atoms with Gasteiger partial charge < -0.3 is 4.74 Å². The largest absolute Gasteiger partial charge is 0.497 e. The molecule has 0 aliphatic rings. The standard InChI is InChI=1S/C11H11FO/c1-4-8(2)10-6-5-9(13-3)7-11(10)12/h1,5-8H,2-3H3. The SMILES string of the molecule is C#CC(C)c1ccc(OC)cc1F. The van der Waals surface area contributed by atoms with E-state index in [1.807, 2.05) is 0 Å². The number of terminal acetylenes is 1. The highest BCUT2D eigenvalue weighted by Crippen LogP contribution is 2.22. The molecule has 0 fully saturated rings. The summed E-state index contributed by atoms with van der Waals surface area (Å²) in [5.41, 5.74) is 0.531. The maximum Gasteiger partial charge on any atom is 0.131 e. The summed E-state index contributed by atoms with van der Waals surface area (Å²) in [4.78, 5) is 0. The third kappa shape index (κ3) is 2.00. The fraction of sp³-hybridized carbons (Fsp3) is 0.273. The zero-order valence-electron chi connectivity index (χ0n) is 7.67. The van der Waals surface area contributed by atoms with Crippen molar-refractivity contribution in [2.24, 2.45) is 0 Å². The highest BCUT2D eigenvalue weighted by Gasteiger charge is 2.08. The highest BCUT2D eigenvalue weighted by atomic mass is 19.1. The van der Waals surface area contributed by atoms with Gasteiger partial charge in [-0.1, -0.05) is 12.0 Å². The number of methoxy groups -OCH3 is 1. The molecule has 0 heterocycles. The lowest BCUT2D eigenvalue weighted by atomic mass is 10.0. The molecule has 0 N–H and O–H groups in total. The second-order valence-corrected chi connectivity index (χ2v) is 2.78. The molecule has 1 aromatic carbocycles. The molecular formula is C11H11FO. The van der Waals surface area contributed by atoms with Crippen LogP contribution in [0.4, 0.5) is 4.39 Å². The van der Waals surface area contributed by atoms with E-state index in [4.69, 9.17) is 11.2 Å². The van der Waals surface area contributed by atoms with Crippen molar-refractivity contribution in [3.63, 3.8) is 0 Å². The molecule has 13 heavy (non-hydrogen) atoms. The smallest absolute Gasteiger partial charge is 0.131 e. The molecule has 1 nitrogen and oxygen atoms in total. The van der Waals surface area contributed by atoms with Crippen molar-refractivity contribution in [1.82, 2.24) is 0 Å². The first-order valence-corrected chi connectivity index (χ1v) is 3.98. The van der Waals surface area contributed by atoms with Gasteiger partial charge in [0.15, 0.2) is 0 Å². The number of halogens is 1. The Bertz CT molecular complexity index is 338. The number of hydrogen-bond donors (Lipinski definition) is 0. The Labute approximate surface area is 77.5 Å². The predicted molar refractivity (Wildman–Crippen MR) is 50.2 cm³/mol. The van der Waals surface area contributed by atoms with Crippen LogP contribution >= 0.6 is 0 Å². The molecule has 0 aromatic heterocycles. The van der Waals surface area contributed by atoms with Crippen LogP contribution in [-0.4, -0.2) is 7.11 Å². The van der Waals surface area contributed by atoms with E-state index in [9.17, 15) is 4.39 Å². The normalized spacial score (nSPS) is 11.8. The number of benzene rings is 1. The monoisotopic (exact) mass is 178 g/mol. The summed E-state index contributed by atoms with van der Waals surface area (Å²) in [6, 6.07) is 4.69. The van der Waals surface area contributed by atoms with Gasteiger partial charge in [0, 0.05) is 17.5 Å². The molecule has 0 amide bonds. The highest BCUT2D eigenvalue weighted by molar-refractivity contribution is 5.33. The van der Waals surface area contributed by atoms with Crippen molar-refractivity contribution in [1.29, 1.82) is 0 Å². The zero-order valence-corrected chi connectivity index (χ0v) is 7.67. The van der Waals surface area contributed by atoms with Gasteiger partial charge in [-0.05, 0) is 13.0 Å². The van der Waals surface area contributed by atoms with E-state index in [0.717, 1.165) is 0 Å². The summed E-state index contributed by atoms with van der Waals surface area (Å²) < 4.78 is 18.2. The van der Waals surface area contributed by atoms with Crippen LogP contribution in [0, 0.1) is 18.2 Å². The van der Waals surface area contributed by atoms with E-state index < -0.39 is 0 Å². The van der Waals surface area contributed by atoms with Crippen molar-refractivity contribution in [3.8, 4) is 18.1 Å². The molecular weight excluding hydrogens is 167 g/mol. The van der Waals surface area contributed by atoms with Crippen molar-refractivity contribution >= 4 is 0 Å². The van der Waals surface area contributed by atoms with Gasteiger partial charge >= 0.3 is 0 Å². The first-order valence-electron chi connectivity index (χ1n) is 3.98. The lowest BCUT2D eigenvalue weighted by Gasteiger charge is -2.07. The summed E-state index contributed by atoms with van der Waals surface area (Å²) in [6.07, 6.45) is 5.20. The Kier molecular flexibility index (Phi) is 2.92. The van der Waals surface area contributed by atoms with Crippen LogP contribution in [0.5, 0.6) is 5.75 Å². The average molecular weight is 178 g/mol. The van der Waals surface area contributed by atoms with Crippen LogP contribution in [0.1, 0.15) is 18.4 Å². The average Bonchev–Trinajstić information content (AvgIpc) is 2.16.